The molecular formula is C12H16N4O2. The molecule has 1 saturated heterocycles. The first-order valence-corrected chi connectivity index (χ1v) is 6.02. The smallest absolute Gasteiger partial charge is 0.222 e. The van der Waals surface area contributed by atoms with E-state index in [1.165, 1.54) is 5.31 Å². The van der Waals surface area contributed by atoms with Gasteiger partial charge in [0.25, 0.3) is 0 Å². The summed E-state index contributed by atoms with van der Waals surface area (Å²) in [5, 5.41) is 15.6. The van der Waals surface area contributed by atoms with Crippen LogP contribution in [-0.4, -0.2) is 40.5 Å². The number of fused-ring (bicyclic) bond motifs is 1. The van der Waals surface area contributed by atoms with E-state index in [1.54, 1.807) is 19.2 Å². The second kappa shape index (κ2) is 4.55. The van der Waals surface area contributed by atoms with Crippen LogP contribution in [0.1, 0.15) is 12.2 Å². The minimum atomic E-state index is -0.309. The number of hydrogen-bond acceptors (Lipinski definition) is 6. The average molecular weight is 249 g/mol. The molecule has 96 valence electrons. The van der Waals surface area contributed by atoms with E-state index in [1.807, 2.05) is 0 Å². The van der Waals surface area contributed by atoms with E-state index < -0.39 is 0 Å². The zero-order chi connectivity index (χ0) is 13.4. The van der Waals surface area contributed by atoms with Crippen molar-refractivity contribution < 1.29 is 11.3 Å². The third-order valence-corrected chi connectivity index (χ3v) is 3.08. The molecular weight excluding hydrogens is 232 g/mol. The van der Waals surface area contributed by atoms with Gasteiger partial charge in [0.2, 0.25) is 5.88 Å². The summed E-state index contributed by atoms with van der Waals surface area (Å²) in [6, 6.07) is 0.234. The van der Waals surface area contributed by atoms with Gasteiger partial charge in [0.05, 0.1) is 23.3 Å². The summed E-state index contributed by atoms with van der Waals surface area (Å²) in [4.78, 5) is 8.16. The number of nitrogens with one attached hydrogen (secondary N) is 2. The van der Waals surface area contributed by atoms with Gasteiger partial charge in [-0.3, -0.25) is 5.32 Å². The third-order valence-electron chi connectivity index (χ3n) is 3.08. The van der Waals surface area contributed by atoms with Crippen LogP contribution >= 0.6 is 0 Å². The maximum absolute atomic E-state index is 9.87. The quantitative estimate of drug-likeness (QED) is 0.581. The highest BCUT2D eigenvalue weighted by molar-refractivity contribution is 5.42. The highest BCUT2D eigenvalue weighted by Crippen LogP contribution is 2.05. The Kier molecular flexibility index (Phi) is 2.60. The Morgan fingerprint density at radius 2 is 2.50 bits per heavy atom. The number of aryl methyl sites for hydroxylation is 1. The molecule has 3 rings (SSSR count). The number of aromatic hydroxyl groups is 1. The highest BCUT2D eigenvalue weighted by atomic mass is 16.5. The van der Waals surface area contributed by atoms with Gasteiger partial charge in [-0.15, -0.1) is 0 Å². The van der Waals surface area contributed by atoms with Gasteiger partial charge in [-0.2, -0.15) is 4.98 Å². The lowest BCUT2D eigenvalue weighted by Gasteiger charge is -2.21. The molecule has 6 heteroatoms. The maximum atomic E-state index is 9.87. The minimum Gasteiger partial charge on any atom is -0.493 e. The minimum absolute atomic E-state index is 0.0404. The van der Waals surface area contributed by atoms with Crippen LogP contribution in [-0.2, 0) is 4.74 Å². The molecule has 2 unspecified atom stereocenters. The van der Waals surface area contributed by atoms with Crippen molar-refractivity contribution in [2.45, 2.75) is 25.6 Å². The summed E-state index contributed by atoms with van der Waals surface area (Å²) in [7, 11) is 0. The molecule has 0 radical (unpaired) electrons. The predicted molar refractivity (Wildman–Crippen MR) is 65.9 cm³/mol. The molecule has 6 nitrogen and oxygen atoms in total. The van der Waals surface area contributed by atoms with Crippen LogP contribution in [0.2, 0.25) is 1.41 Å². The van der Waals surface area contributed by atoms with E-state index in [0.717, 1.165) is 13.0 Å². The number of ether oxygens (including phenoxy) is 1. The first-order valence-electron chi connectivity index (χ1n) is 6.46. The van der Waals surface area contributed by atoms with E-state index in [-0.39, 0.29) is 18.1 Å². The van der Waals surface area contributed by atoms with Crippen molar-refractivity contribution >= 4 is 12.3 Å². The molecule has 2 aliphatic heterocycles. The van der Waals surface area contributed by atoms with Gasteiger partial charge in [0.1, 0.15) is 5.82 Å². The molecule has 0 bridgehead atoms. The fourth-order valence-corrected chi connectivity index (χ4v) is 2.20. The van der Waals surface area contributed by atoms with Crippen molar-refractivity contribution in [2.75, 3.05) is 13.2 Å². The van der Waals surface area contributed by atoms with E-state index in [9.17, 15) is 5.11 Å². The van der Waals surface area contributed by atoms with Gasteiger partial charge < -0.3 is 15.2 Å². The number of nitrogens with zero attached hydrogens (tertiary/aromatic N) is 2. The highest BCUT2D eigenvalue weighted by Gasteiger charge is 2.19. The molecule has 0 spiro atoms. The molecule has 3 heterocycles. The Labute approximate surface area is 106 Å². The normalized spacial score (nSPS) is 27.2. The van der Waals surface area contributed by atoms with E-state index >= 15 is 0 Å². The second-order valence-corrected chi connectivity index (χ2v) is 4.51. The molecule has 0 aliphatic carbocycles. The van der Waals surface area contributed by atoms with Gasteiger partial charge in [-0.25, -0.2) is 4.98 Å². The van der Waals surface area contributed by atoms with Crippen LogP contribution in [0.15, 0.2) is 0 Å². The predicted octanol–water partition coefficient (Wildman–Crippen LogP) is -1.68. The van der Waals surface area contributed by atoms with Crippen LogP contribution in [0, 0.1) is 6.92 Å². The Morgan fingerprint density at radius 1 is 1.61 bits per heavy atom. The lowest BCUT2D eigenvalue weighted by atomic mass is 10.2. The van der Waals surface area contributed by atoms with Crippen molar-refractivity contribution in [2.24, 2.45) is 0 Å². The summed E-state index contributed by atoms with van der Waals surface area (Å²) in [6.07, 6.45) is 3.99. The first kappa shape index (κ1) is 10.3. The molecule has 1 fully saturated rings. The molecule has 3 N–H and O–H groups in total. The van der Waals surface area contributed by atoms with Crippen LogP contribution in [0.4, 0.5) is 0 Å². The molecule has 1 aromatic rings. The van der Waals surface area contributed by atoms with E-state index in [2.05, 4.69) is 15.3 Å². The Hall–Kier alpha value is -1.66. The van der Waals surface area contributed by atoms with Crippen molar-refractivity contribution in [3.8, 4) is 5.88 Å². The Bertz CT molecular complexity index is 600. The summed E-state index contributed by atoms with van der Waals surface area (Å²) >= 11 is 0. The standard InChI is InChI=1S/C12H16N4O2/c1-7-14-10-5-13-11(4-9(10)12(17)15-7)16-8-2-3-18-6-8/h4-5,8,11,13,16H,2-3,6H2,1H3,(H,14,15,17)/i/hD. The average Bonchev–Trinajstić information content (AvgIpc) is 2.83. The number of aromatic nitrogens is 2. The van der Waals surface area contributed by atoms with Crippen LogP contribution in [0.25, 0.3) is 12.3 Å². The zero-order valence-electron chi connectivity index (χ0n) is 11.1. The van der Waals surface area contributed by atoms with Crippen molar-refractivity contribution in [1.29, 1.82) is 0 Å². The fourth-order valence-electron chi connectivity index (χ4n) is 2.20. The van der Waals surface area contributed by atoms with Gasteiger partial charge in [0.15, 0.2) is 1.41 Å². The fraction of sp³-hybridized carbons (Fsp3) is 0.500. The lowest BCUT2D eigenvalue weighted by Crippen LogP contribution is -2.50. The molecule has 2 aliphatic rings. The van der Waals surface area contributed by atoms with Gasteiger partial charge >= 0.3 is 0 Å². The molecule has 0 saturated carbocycles. The van der Waals surface area contributed by atoms with Crippen molar-refractivity contribution in [1.82, 2.24) is 20.6 Å². The molecule has 1 aromatic heterocycles. The lowest BCUT2D eigenvalue weighted by molar-refractivity contribution is 0.189. The van der Waals surface area contributed by atoms with Gasteiger partial charge in [-0.05, 0) is 19.4 Å². The molecule has 0 aromatic carbocycles. The van der Waals surface area contributed by atoms with Gasteiger partial charge in [-0.1, -0.05) is 0 Å². The van der Waals surface area contributed by atoms with Crippen LogP contribution in [0.3, 0.4) is 0 Å². The summed E-state index contributed by atoms with van der Waals surface area (Å²) in [5.74, 6) is 0.450. The zero-order valence-corrected chi connectivity index (χ0v) is 10.1. The summed E-state index contributed by atoms with van der Waals surface area (Å²) in [6.45, 7) is 3.11. The topological polar surface area (TPSA) is 79.3 Å². The monoisotopic (exact) mass is 249 g/mol. The molecule has 2 atom stereocenters. The van der Waals surface area contributed by atoms with E-state index in [4.69, 9.17) is 6.15 Å². The summed E-state index contributed by atoms with van der Waals surface area (Å²) < 4.78 is 13.3. The molecule has 0 amide bonds. The largest absolute Gasteiger partial charge is 0.493 e. The van der Waals surface area contributed by atoms with Crippen molar-refractivity contribution in [3.63, 3.8) is 0 Å². The van der Waals surface area contributed by atoms with Crippen molar-refractivity contribution in [3.05, 3.63) is 16.4 Å². The third kappa shape index (κ3) is 2.16. The van der Waals surface area contributed by atoms with Crippen LogP contribution < -0.4 is 21.2 Å². The Morgan fingerprint density at radius 3 is 3.28 bits per heavy atom. The number of hydrogen-bond donors (Lipinski definition) is 3. The summed E-state index contributed by atoms with van der Waals surface area (Å²) in [5.41, 5.74) is 0. The Balaban J connectivity index is 1.94. The molecule has 18 heavy (non-hydrogen) atoms. The van der Waals surface area contributed by atoms with E-state index in [0.29, 0.717) is 23.0 Å². The maximum Gasteiger partial charge on any atom is 0.222 e. The number of rotatable bonds is 2. The SMILES string of the molecule is [2H]N1C=c2nc(C)nc(O)c2=CC1NC1CCOC1. The van der Waals surface area contributed by atoms with Crippen LogP contribution in [0.5, 0.6) is 5.88 Å². The first-order chi connectivity index (χ1) is 9.13. The van der Waals surface area contributed by atoms with Gasteiger partial charge in [0, 0.05) is 18.8 Å². The second-order valence-electron chi connectivity index (χ2n) is 4.51.